The zero-order valence-electron chi connectivity index (χ0n) is 13.5. The van der Waals surface area contributed by atoms with Crippen molar-refractivity contribution in [1.29, 1.82) is 0 Å². The normalized spacial score (nSPS) is 16.9. The Morgan fingerprint density at radius 2 is 2.36 bits per heavy atom. The summed E-state index contributed by atoms with van der Waals surface area (Å²) in [6, 6.07) is 4.46. The molecule has 0 amide bonds. The molecule has 1 aromatic heterocycles. The monoisotopic (exact) mass is 381 g/mol. The maximum atomic E-state index is 11.8. The predicted octanol–water partition coefficient (Wildman–Crippen LogP) is 4.22. The van der Waals surface area contributed by atoms with E-state index in [9.17, 15) is 14.9 Å². The van der Waals surface area contributed by atoms with Gasteiger partial charge in [-0.15, -0.1) is 11.3 Å². The Morgan fingerprint density at radius 3 is 3.04 bits per heavy atom. The van der Waals surface area contributed by atoms with Gasteiger partial charge in [-0.25, -0.2) is 9.78 Å². The Bertz CT molecular complexity index is 810. The van der Waals surface area contributed by atoms with Gasteiger partial charge in [-0.2, -0.15) is 0 Å². The number of rotatable bonds is 5. The average molecular weight is 382 g/mol. The number of esters is 1. The number of nitro groups is 1. The van der Waals surface area contributed by atoms with Crippen molar-refractivity contribution < 1.29 is 14.5 Å². The van der Waals surface area contributed by atoms with Gasteiger partial charge in [0.2, 0.25) is 0 Å². The SMILES string of the molecule is CCOC(=O)c1csc(C2CCCN2c2ccc([N+](=O)[O-])cc2Cl)n1. The minimum atomic E-state index is -0.469. The van der Waals surface area contributed by atoms with E-state index in [-0.39, 0.29) is 11.7 Å². The quantitative estimate of drug-likeness (QED) is 0.438. The number of thiazole rings is 1. The summed E-state index contributed by atoms with van der Waals surface area (Å²) in [5.41, 5.74) is 1.01. The standard InChI is InChI=1S/C16H16ClN3O4S/c1-2-24-16(21)12-9-25-15(18-12)14-4-3-7-19(14)13-6-5-10(20(22)23)8-11(13)17/h5-6,8-9,14H,2-4,7H2,1H3. The number of anilines is 1. The van der Waals surface area contributed by atoms with Crippen molar-refractivity contribution in [3.63, 3.8) is 0 Å². The fourth-order valence-corrected chi connectivity index (χ4v) is 4.11. The van der Waals surface area contributed by atoms with Gasteiger partial charge in [0.1, 0.15) is 5.01 Å². The number of hydrogen-bond donors (Lipinski definition) is 0. The number of nitro benzene ring substituents is 1. The molecule has 1 saturated heterocycles. The number of aromatic nitrogens is 1. The first kappa shape index (κ1) is 17.6. The molecule has 0 bridgehead atoms. The summed E-state index contributed by atoms with van der Waals surface area (Å²) in [7, 11) is 0. The van der Waals surface area contributed by atoms with Crippen LogP contribution < -0.4 is 4.90 Å². The van der Waals surface area contributed by atoms with E-state index in [1.165, 1.54) is 23.5 Å². The maximum absolute atomic E-state index is 11.8. The van der Waals surface area contributed by atoms with Crippen LogP contribution in [-0.4, -0.2) is 29.0 Å². The molecule has 7 nitrogen and oxygen atoms in total. The highest BCUT2D eigenvalue weighted by molar-refractivity contribution is 7.10. The molecule has 3 rings (SSSR count). The van der Waals surface area contributed by atoms with E-state index >= 15 is 0 Å². The molecular weight excluding hydrogens is 366 g/mol. The van der Waals surface area contributed by atoms with Gasteiger partial charge in [0.05, 0.1) is 28.3 Å². The van der Waals surface area contributed by atoms with Crippen molar-refractivity contribution in [2.24, 2.45) is 0 Å². The van der Waals surface area contributed by atoms with Crippen LogP contribution in [0.3, 0.4) is 0 Å². The van der Waals surface area contributed by atoms with Crippen molar-refractivity contribution in [2.75, 3.05) is 18.1 Å². The van der Waals surface area contributed by atoms with Crippen LogP contribution in [0.1, 0.15) is 41.3 Å². The third-order valence-corrected chi connectivity index (χ3v) is 5.24. The Morgan fingerprint density at radius 1 is 1.56 bits per heavy atom. The van der Waals surface area contributed by atoms with Gasteiger partial charge in [0.15, 0.2) is 5.69 Å². The number of carbonyl (C=O) groups is 1. The molecule has 0 spiro atoms. The lowest BCUT2D eigenvalue weighted by atomic mass is 10.2. The highest BCUT2D eigenvalue weighted by Gasteiger charge is 2.31. The van der Waals surface area contributed by atoms with Gasteiger partial charge >= 0.3 is 5.97 Å². The Hall–Kier alpha value is -2.19. The molecule has 2 heterocycles. The minimum Gasteiger partial charge on any atom is -0.461 e. The summed E-state index contributed by atoms with van der Waals surface area (Å²) >= 11 is 7.67. The highest BCUT2D eigenvalue weighted by Crippen LogP contribution is 2.41. The zero-order valence-corrected chi connectivity index (χ0v) is 15.0. The fourth-order valence-electron chi connectivity index (χ4n) is 2.89. The summed E-state index contributed by atoms with van der Waals surface area (Å²) in [4.78, 5) is 28.7. The van der Waals surface area contributed by atoms with E-state index in [0.29, 0.717) is 17.3 Å². The maximum Gasteiger partial charge on any atom is 0.357 e. The van der Waals surface area contributed by atoms with Gasteiger partial charge in [-0.05, 0) is 25.8 Å². The summed E-state index contributed by atoms with van der Waals surface area (Å²) in [6.45, 7) is 2.83. The molecule has 1 fully saturated rings. The van der Waals surface area contributed by atoms with Gasteiger partial charge in [0, 0.05) is 24.1 Å². The Kier molecular flexibility index (Phi) is 5.19. The van der Waals surface area contributed by atoms with E-state index in [0.717, 1.165) is 30.1 Å². The van der Waals surface area contributed by atoms with Crippen LogP contribution in [0.5, 0.6) is 0 Å². The number of hydrogen-bond acceptors (Lipinski definition) is 7. The number of nitrogens with zero attached hydrogens (tertiary/aromatic N) is 3. The molecule has 0 radical (unpaired) electrons. The molecule has 1 aromatic carbocycles. The first-order valence-corrected chi connectivity index (χ1v) is 9.10. The third-order valence-electron chi connectivity index (χ3n) is 4.00. The first-order valence-electron chi connectivity index (χ1n) is 7.84. The third kappa shape index (κ3) is 3.59. The van der Waals surface area contributed by atoms with Gasteiger partial charge in [0.25, 0.3) is 5.69 Å². The van der Waals surface area contributed by atoms with Crippen LogP contribution >= 0.6 is 22.9 Å². The molecule has 25 heavy (non-hydrogen) atoms. The van der Waals surface area contributed by atoms with Crippen LogP contribution in [0.25, 0.3) is 0 Å². The lowest BCUT2D eigenvalue weighted by Crippen LogP contribution is -2.23. The molecule has 0 N–H and O–H groups in total. The van der Waals surface area contributed by atoms with Gasteiger partial charge in [-0.3, -0.25) is 10.1 Å². The molecule has 132 valence electrons. The molecule has 2 aromatic rings. The molecule has 9 heteroatoms. The zero-order chi connectivity index (χ0) is 18.0. The summed E-state index contributed by atoms with van der Waals surface area (Å²) in [5, 5.41) is 13.7. The lowest BCUT2D eigenvalue weighted by molar-refractivity contribution is -0.384. The average Bonchev–Trinajstić information content (AvgIpc) is 3.23. The van der Waals surface area contributed by atoms with Crippen molar-refractivity contribution in [1.82, 2.24) is 4.98 Å². The Balaban J connectivity index is 1.86. The molecule has 0 saturated carbocycles. The van der Waals surface area contributed by atoms with Crippen molar-refractivity contribution in [3.05, 3.63) is 49.4 Å². The molecule has 1 atom stereocenters. The predicted molar refractivity (Wildman–Crippen MR) is 95.5 cm³/mol. The molecular formula is C16H16ClN3O4S. The van der Waals surface area contributed by atoms with Crippen molar-refractivity contribution in [3.8, 4) is 0 Å². The number of carbonyl (C=O) groups excluding carboxylic acids is 1. The molecule has 1 aliphatic rings. The van der Waals surface area contributed by atoms with Crippen LogP contribution in [0.4, 0.5) is 11.4 Å². The van der Waals surface area contributed by atoms with Crippen LogP contribution in [0, 0.1) is 10.1 Å². The number of non-ortho nitro benzene ring substituents is 1. The van der Waals surface area contributed by atoms with E-state index in [2.05, 4.69) is 9.88 Å². The van der Waals surface area contributed by atoms with Gasteiger partial charge < -0.3 is 9.64 Å². The van der Waals surface area contributed by atoms with Crippen molar-refractivity contribution >= 4 is 40.3 Å². The minimum absolute atomic E-state index is 0.00728. The van der Waals surface area contributed by atoms with Crippen LogP contribution in [-0.2, 0) is 4.74 Å². The highest BCUT2D eigenvalue weighted by atomic mass is 35.5. The summed E-state index contributed by atoms with van der Waals surface area (Å²) in [6.07, 6.45) is 1.83. The second-order valence-corrected chi connectivity index (χ2v) is 6.83. The molecule has 1 unspecified atom stereocenters. The molecule has 0 aliphatic carbocycles. The van der Waals surface area contributed by atoms with Gasteiger partial charge in [-0.1, -0.05) is 11.6 Å². The Labute approximate surface area is 153 Å². The number of benzene rings is 1. The smallest absolute Gasteiger partial charge is 0.357 e. The second-order valence-electron chi connectivity index (χ2n) is 5.54. The largest absolute Gasteiger partial charge is 0.461 e. The van der Waals surface area contributed by atoms with E-state index < -0.39 is 10.9 Å². The van der Waals surface area contributed by atoms with E-state index in [1.54, 1.807) is 18.4 Å². The summed E-state index contributed by atoms with van der Waals surface area (Å²) in [5.74, 6) is -0.428. The lowest BCUT2D eigenvalue weighted by Gasteiger charge is -2.26. The van der Waals surface area contributed by atoms with Crippen LogP contribution in [0.2, 0.25) is 5.02 Å². The van der Waals surface area contributed by atoms with Crippen molar-refractivity contribution in [2.45, 2.75) is 25.8 Å². The first-order chi connectivity index (χ1) is 12.0. The van der Waals surface area contributed by atoms with Crippen LogP contribution in [0.15, 0.2) is 23.6 Å². The number of ether oxygens (including phenoxy) is 1. The number of halogens is 1. The van der Waals surface area contributed by atoms with E-state index in [1.807, 2.05) is 0 Å². The summed E-state index contributed by atoms with van der Waals surface area (Å²) < 4.78 is 4.98. The van der Waals surface area contributed by atoms with E-state index in [4.69, 9.17) is 16.3 Å². The molecule has 1 aliphatic heterocycles. The second kappa shape index (κ2) is 7.37. The topological polar surface area (TPSA) is 85.6 Å². The fraction of sp³-hybridized carbons (Fsp3) is 0.375.